The first-order valence-electron chi connectivity index (χ1n) is 12.7. The highest BCUT2D eigenvalue weighted by Gasteiger charge is 2.64. The van der Waals surface area contributed by atoms with Crippen molar-refractivity contribution < 1.29 is 20.1 Å². The summed E-state index contributed by atoms with van der Waals surface area (Å²) in [5, 5.41) is 31.3. The molecule has 0 saturated heterocycles. The van der Waals surface area contributed by atoms with E-state index in [-0.39, 0.29) is 29.5 Å². The number of hydrogen-bond acceptors (Lipinski definition) is 3. The third-order valence-corrected chi connectivity index (χ3v) is 11.0. The Morgan fingerprint density at radius 2 is 1.67 bits per heavy atom. The molecule has 4 heteroatoms. The molecule has 0 aromatic heterocycles. The van der Waals surface area contributed by atoms with Gasteiger partial charge in [0.1, 0.15) is 0 Å². The molecule has 0 radical (unpaired) electrons. The van der Waals surface area contributed by atoms with Crippen molar-refractivity contribution in [2.75, 3.05) is 0 Å². The molecule has 0 amide bonds. The molecule has 11 atom stereocenters. The van der Waals surface area contributed by atoms with Gasteiger partial charge in [0, 0.05) is 6.42 Å². The smallest absolute Gasteiger partial charge is 0.303 e. The number of aliphatic carboxylic acids is 1. The lowest BCUT2D eigenvalue weighted by atomic mass is 9.41. The summed E-state index contributed by atoms with van der Waals surface area (Å²) in [6.07, 6.45) is 9.27. The molecular weight excluding hydrogens is 376 g/mol. The minimum atomic E-state index is -0.683. The Morgan fingerprint density at radius 3 is 2.33 bits per heavy atom. The number of aliphatic hydroxyl groups excluding tert-OH is 2. The van der Waals surface area contributed by atoms with Crippen LogP contribution in [0.3, 0.4) is 0 Å². The van der Waals surface area contributed by atoms with Crippen molar-refractivity contribution in [3.8, 4) is 0 Å². The van der Waals surface area contributed by atoms with Crippen molar-refractivity contribution in [3.63, 3.8) is 0 Å². The Morgan fingerprint density at radius 1 is 1.00 bits per heavy atom. The lowest BCUT2D eigenvalue weighted by Crippen LogP contribution is -2.62. The van der Waals surface area contributed by atoms with Crippen molar-refractivity contribution >= 4 is 5.97 Å². The van der Waals surface area contributed by atoms with E-state index in [4.69, 9.17) is 5.11 Å². The van der Waals surface area contributed by atoms with Crippen LogP contribution in [-0.2, 0) is 4.79 Å². The highest BCUT2D eigenvalue weighted by Crippen LogP contribution is 2.69. The van der Waals surface area contributed by atoms with Crippen molar-refractivity contribution in [2.24, 2.45) is 52.3 Å². The van der Waals surface area contributed by atoms with Crippen molar-refractivity contribution in [3.05, 3.63) is 0 Å². The predicted molar refractivity (Wildman–Crippen MR) is 118 cm³/mol. The Labute approximate surface area is 182 Å². The second-order valence-corrected chi connectivity index (χ2v) is 12.0. The fraction of sp³-hybridized carbons (Fsp3) is 0.962. The Hall–Kier alpha value is -0.610. The monoisotopic (exact) mass is 420 g/mol. The van der Waals surface area contributed by atoms with Gasteiger partial charge in [-0.1, -0.05) is 34.1 Å². The van der Waals surface area contributed by atoms with E-state index in [9.17, 15) is 15.0 Å². The maximum atomic E-state index is 11.7. The summed E-state index contributed by atoms with van der Waals surface area (Å²) >= 11 is 0. The van der Waals surface area contributed by atoms with Crippen LogP contribution in [-0.4, -0.2) is 33.5 Å². The number of fused-ring (bicyclic) bond motifs is 5. The number of hydrogen-bond donors (Lipinski definition) is 3. The second kappa shape index (κ2) is 8.06. The summed E-state index contributed by atoms with van der Waals surface area (Å²) in [5.41, 5.74) is 0.480. The minimum Gasteiger partial charge on any atom is -0.481 e. The Bertz CT molecular complexity index is 649. The van der Waals surface area contributed by atoms with Crippen molar-refractivity contribution in [2.45, 2.75) is 104 Å². The predicted octanol–water partition coefficient (Wildman–Crippen LogP) is 5.11. The van der Waals surface area contributed by atoms with Gasteiger partial charge >= 0.3 is 5.97 Å². The molecule has 4 nitrogen and oxygen atoms in total. The molecule has 4 aliphatic carbocycles. The van der Waals surface area contributed by atoms with E-state index in [1.807, 2.05) is 0 Å². The van der Waals surface area contributed by atoms with Gasteiger partial charge in [-0.2, -0.15) is 0 Å². The summed E-state index contributed by atoms with van der Waals surface area (Å²) in [4.78, 5) is 11.1. The largest absolute Gasteiger partial charge is 0.481 e. The van der Waals surface area contributed by atoms with Gasteiger partial charge < -0.3 is 15.3 Å². The van der Waals surface area contributed by atoms with Gasteiger partial charge in [0.25, 0.3) is 0 Å². The van der Waals surface area contributed by atoms with Gasteiger partial charge in [-0.3, -0.25) is 4.79 Å². The zero-order valence-electron chi connectivity index (χ0n) is 19.5. The van der Waals surface area contributed by atoms with Crippen LogP contribution in [0.2, 0.25) is 0 Å². The van der Waals surface area contributed by atoms with E-state index in [0.717, 1.165) is 32.1 Å². The van der Waals surface area contributed by atoms with E-state index in [0.29, 0.717) is 41.4 Å². The molecule has 30 heavy (non-hydrogen) atoms. The third kappa shape index (κ3) is 3.36. The van der Waals surface area contributed by atoms with E-state index < -0.39 is 5.97 Å². The zero-order chi connectivity index (χ0) is 21.8. The number of aliphatic hydroxyl groups is 2. The van der Waals surface area contributed by atoms with Crippen LogP contribution >= 0.6 is 0 Å². The molecule has 3 N–H and O–H groups in total. The molecular formula is C26H44O4. The quantitative estimate of drug-likeness (QED) is 0.577. The lowest BCUT2D eigenvalue weighted by Gasteiger charge is -2.64. The minimum absolute atomic E-state index is 0.194. The molecule has 0 aliphatic heterocycles. The summed E-state index contributed by atoms with van der Waals surface area (Å²) in [5.74, 6) is 2.58. The van der Waals surface area contributed by atoms with Gasteiger partial charge in [-0.05, 0) is 104 Å². The molecule has 172 valence electrons. The van der Waals surface area contributed by atoms with Gasteiger partial charge in [0.2, 0.25) is 0 Å². The van der Waals surface area contributed by atoms with E-state index >= 15 is 0 Å². The average molecular weight is 421 g/mol. The first-order valence-corrected chi connectivity index (χ1v) is 12.7. The summed E-state index contributed by atoms with van der Waals surface area (Å²) in [6.45, 7) is 9.44. The third-order valence-electron chi connectivity index (χ3n) is 11.0. The summed E-state index contributed by atoms with van der Waals surface area (Å²) in [7, 11) is 0. The average Bonchev–Trinajstić information content (AvgIpc) is 3.05. The van der Waals surface area contributed by atoms with E-state index in [2.05, 4.69) is 27.7 Å². The van der Waals surface area contributed by atoms with Crippen LogP contribution in [0.25, 0.3) is 0 Å². The molecule has 4 rings (SSSR count). The molecule has 6 unspecified atom stereocenters. The highest BCUT2D eigenvalue weighted by molar-refractivity contribution is 5.66. The maximum absolute atomic E-state index is 11.7. The van der Waals surface area contributed by atoms with Crippen LogP contribution in [0, 0.1) is 52.3 Å². The van der Waals surface area contributed by atoms with Crippen LogP contribution in [0.4, 0.5) is 0 Å². The molecule has 0 spiro atoms. The molecule has 0 bridgehead atoms. The van der Waals surface area contributed by atoms with Crippen LogP contribution in [0.15, 0.2) is 0 Å². The molecule has 4 saturated carbocycles. The number of carboxylic acids is 1. The topological polar surface area (TPSA) is 77.8 Å². The summed E-state index contributed by atoms with van der Waals surface area (Å²) < 4.78 is 0. The number of carbonyl (C=O) groups is 1. The second-order valence-electron chi connectivity index (χ2n) is 12.0. The van der Waals surface area contributed by atoms with E-state index in [1.165, 1.54) is 25.7 Å². The van der Waals surface area contributed by atoms with Gasteiger partial charge in [-0.25, -0.2) is 0 Å². The standard InChI is InChI=1S/C26H44O4/c1-5-17-21-14-16(27)10-12-26(21,4)20-11-13-25(3)18(15(2)6-9-22(28)29)7-8-19(25)23(20)24(17)30/h15-21,23-24,27,30H,5-14H2,1-4H3,(H,28,29)/t15-,16-,17?,18?,19?,20?,21?,23?,24-,25-,26-/m1/s1. The molecule has 0 aromatic carbocycles. The van der Waals surface area contributed by atoms with Gasteiger partial charge in [0.15, 0.2) is 0 Å². The van der Waals surface area contributed by atoms with Crippen molar-refractivity contribution in [1.29, 1.82) is 0 Å². The lowest BCUT2D eigenvalue weighted by molar-refractivity contribution is -0.203. The molecule has 0 aromatic rings. The number of rotatable bonds is 5. The molecule has 4 fully saturated rings. The first-order chi connectivity index (χ1) is 14.1. The maximum Gasteiger partial charge on any atom is 0.303 e. The SMILES string of the molecule is CCC1C2C[C@H](O)CC[C@]2(C)C2CC[C@@]3(C)C(CCC3[C@H](C)CCC(=O)O)C2[C@@H]1O. The molecule has 0 heterocycles. The normalized spacial score (nSPS) is 51.5. The van der Waals surface area contributed by atoms with Crippen LogP contribution < -0.4 is 0 Å². The molecule has 4 aliphatic rings. The fourth-order valence-corrected chi connectivity index (χ4v) is 9.48. The van der Waals surface area contributed by atoms with Gasteiger partial charge in [-0.15, -0.1) is 0 Å². The highest BCUT2D eigenvalue weighted by atomic mass is 16.4. The Balaban J connectivity index is 1.61. The van der Waals surface area contributed by atoms with Crippen LogP contribution in [0.1, 0.15) is 91.9 Å². The zero-order valence-corrected chi connectivity index (χ0v) is 19.5. The van der Waals surface area contributed by atoms with Crippen LogP contribution in [0.5, 0.6) is 0 Å². The van der Waals surface area contributed by atoms with E-state index in [1.54, 1.807) is 0 Å². The first kappa shape index (κ1) is 22.6. The summed E-state index contributed by atoms with van der Waals surface area (Å²) in [6, 6.07) is 0. The Kier molecular flexibility index (Phi) is 6.07. The van der Waals surface area contributed by atoms with Crippen molar-refractivity contribution in [1.82, 2.24) is 0 Å². The fourth-order valence-electron chi connectivity index (χ4n) is 9.48. The van der Waals surface area contributed by atoms with Gasteiger partial charge in [0.05, 0.1) is 12.2 Å². The number of carboxylic acid groups (broad SMARTS) is 1.